The molecule has 0 unspecified atom stereocenters. The molecule has 0 radical (unpaired) electrons. The van der Waals surface area contributed by atoms with Crippen LogP contribution in [0.4, 0.5) is 0 Å². The third kappa shape index (κ3) is 2.10. The van der Waals surface area contributed by atoms with E-state index in [2.05, 4.69) is 22.6 Å². The van der Waals surface area contributed by atoms with Crippen molar-refractivity contribution in [2.45, 2.75) is 0 Å². The molecule has 7 nitrogen and oxygen atoms in total. The largest absolute Gasteiger partial charge is 0.506 e. The van der Waals surface area contributed by atoms with Crippen molar-refractivity contribution in [3.63, 3.8) is 0 Å². The number of fused-ring (bicyclic) bond motifs is 1. The van der Waals surface area contributed by atoms with E-state index >= 15 is 0 Å². The molecule has 3 rings (SSSR count). The maximum absolute atomic E-state index is 10.5. The van der Waals surface area contributed by atoms with Gasteiger partial charge >= 0.3 is 0 Å². The third-order valence-electron chi connectivity index (χ3n) is 3.70. The van der Waals surface area contributed by atoms with Crippen LogP contribution in [0.5, 0.6) is 40.2 Å². The van der Waals surface area contributed by atoms with Gasteiger partial charge in [0.15, 0.2) is 23.0 Å². The minimum atomic E-state index is -1.09. The zero-order valence-corrected chi connectivity index (χ0v) is 14.0. The van der Waals surface area contributed by atoms with E-state index in [0.29, 0.717) is 5.56 Å². The summed E-state index contributed by atoms with van der Waals surface area (Å²) in [5, 5.41) is 68.9. The standard InChI is InChI=1S/C16H11IO7/c17-6-3-1-5(2-4-6)7-10(18)8-9(12(20)11(7)19)14(22)16(24)15(23)13(8)21/h1-4,18-24H. The highest BCUT2D eigenvalue weighted by molar-refractivity contribution is 14.1. The molecular formula is C16H11IO7. The summed E-state index contributed by atoms with van der Waals surface area (Å²) in [5.41, 5.74) is 0.130. The number of halogens is 1. The number of rotatable bonds is 1. The SMILES string of the molecule is Oc1c(O)c(O)c2c(O)c(-c3ccc(I)cc3)c(O)c(O)c2c1O. The van der Waals surface area contributed by atoms with Gasteiger partial charge in [0.2, 0.25) is 11.5 Å². The van der Waals surface area contributed by atoms with Gasteiger partial charge in [-0.05, 0) is 40.3 Å². The van der Waals surface area contributed by atoms with Crippen molar-refractivity contribution in [3.8, 4) is 51.4 Å². The monoisotopic (exact) mass is 442 g/mol. The van der Waals surface area contributed by atoms with Crippen LogP contribution in [0.2, 0.25) is 0 Å². The van der Waals surface area contributed by atoms with E-state index in [4.69, 9.17) is 0 Å². The van der Waals surface area contributed by atoms with Crippen LogP contribution in [0.15, 0.2) is 24.3 Å². The van der Waals surface area contributed by atoms with Crippen LogP contribution in [0, 0.1) is 3.57 Å². The number of hydrogen-bond donors (Lipinski definition) is 7. The lowest BCUT2D eigenvalue weighted by atomic mass is 9.95. The summed E-state index contributed by atoms with van der Waals surface area (Å²) in [6.07, 6.45) is 0. The quantitative estimate of drug-likeness (QED) is 0.175. The van der Waals surface area contributed by atoms with Crippen molar-refractivity contribution < 1.29 is 35.7 Å². The zero-order chi connectivity index (χ0) is 17.8. The normalized spacial score (nSPS) is 11.0. The van der Waals surface area contributed by atoms with Gasteiger partial charge in [0.05, 0.1) is 16.3 Å². The second-order valence-corrected chi connectivity index (χ2v) is 6.32. The van der Waals surface area contributed by atoms with Crippen LogP contribution >= 0.6 is 22.6 Å². The lowest BCUT2D eigenvalue weighted by molar-refractivity contribution is 0.347. The van der Waals surface area contributed by atoms with Gasteiger partial charge in [-0.15, -0.1) is 0 Å². The molecule has 0 bridgehead atoms. The van der Waals surface area contributed by atoms with Gasteiger partial charge in [-0.3, -0.25) is 0 Å². The third-order valence-corrected chi connectivity index (χ3v) is 4.42. The molecule has 0 aliphatic rings. The molecule has 8 heteroatoms. The van der Waals surface area contributed by atoms with Gasteiger partial charge in [0, 0.05) is 3.57 Å². The fraction of sp³-hybridized carbons (Fsp3) is 0. The summed E-state index contributed by atoms with van der Waals surface area (Å²) >= 11 is 2.06. The van der Waals surface area contributed by atoms with Crippen molar-refractivity contribution in [3.05, 3.63) is 27.8 Å². The maximum atomic E-state index is 10.5. The average Bonchev–Trinajstić information content (AvgIpc) is 2.56. The number of benzene rings is 3. The van der Waals surface area contributed by atoms with E-state index in [9.17, 15) is 35.7 Å². The van der Waals surface area contributed by atoms with Gasteiger partial charge < -0.3 is 35.7 Å². The Kier molecular flexibility index (Phi) is 3.63. The lowest BCUT2D eigenvalue weighted by Crippen LogP contribution is -1.88. The molecule has 7 N–H and O–H groups in total. The highest BCUT2D eigenvalue weighted by atomic mass is 127. The number of aromatic hydroxyl groups is 7. The molecule has 0 spiro atoms. The minimum absolute atomic E-state index is 0.198. The van der Waals surface area contributed by atoms with Crippen LogP contribution in [-0.2, 0) is 0 Å². The number of phenolic OH excluding ortho intramolecular Hbond substituents is 7. The molecule has 0 saturated heterocycles. The van der Waals surface area contributed by atoms with Gasteiger partial charge in [-0.1, -0.05) is 12.1 Å². The molecule has 0 atom stereocenters. The second-order valence-electron chi connectivity index (χ2n) is 5.07. The Hall–Kier alpha value is -2.75. The molecule has 0 saturated carbocycles. The lowest BCUT2D eigenvalue weighted by Gasteiger charge is -2.16. The van der Waals surface area contributed by atoms with E-state index in [1.54, 1.807) is 24.3 Å². The van der Waals surface area contributed by atoms with Crippen LogP contribution in [-0.4, -0.2) is 35.7 Å². The highest BCUT2D eigenvalue weighted by Crippen LogP contribution is 2.59. The van der Waals surface area contributed by atoms with E-state index in [1.165, 1.54) is 0 Å². The predicted octanol–water partition coefficient (Wildman–Crippen LogP) is 3.05. The molecular weight excluding hydrogens is 431 g/mol. The van der Waals surface area contributed by atoms with Gasteiger partial charge in [0.25, 0.3) is 0 Å². The van der Waals surface area contributed by atoms with Crippen LogP contribution in [0.25, 0.3) is 21.9 Å². The first-order valence-electron chi connectivity index (χ1n) is 6.58. The van der Waals surface area contributed by atoms with Crippen LogP contribution in [0.1, 0.15) is 0 Å². The van der Waals surface area contributed by atoms with Crippen molar-refractivity contribution >= 4 is 33.4 Å². The Labute approximate surface area is 148 Å². The van der Waals surface area contributed by atoms with Crippen molar-refractivity contribution in [2.75, 3.05) is 0 Å². The Morgan fingerprint density at radius 1 is 0.500 bits per heavy atom. The summed E-state index contributed by atoms with van der Waals surface area (Å²) < 4.78 is 0.892. The van der Waals surface area contributed by atoms with Crippen molar-refractivity contribution in [1.29, 1.82) is 0 Å². The first-order chi connectivity index (χ1) is 11.3. The summed E-state index contributed by atoms with van der Waals surface area (Å²) in [5.74, 6) is -6.37. The fourth-order valence-corrected chi connectivity index (χ4v) is 2.88. The van der Waals surface area contributed by atoms with E-state index < -0.39 is 51.0 Å². The van der Waals surface area contributed by atoms with E-state index in [1.807, 2.05) is 0 Å². The molecule has 0 heterocycles. The molecule has 124 valence electrons. The van der Waals surface area contributed by atoms with Gasteiger partial charge in [-0.2, -0.15) is 0 Å². The number of phenols is 7. The number of hydrogen-bond acceptors (Lipinski definition) is 7. The fourth-order valence-electron chi connectivity index (χ4n) is 2.52. The molecule has 0 amide bonds. The summed E-state index contributed by atoms with van der Waals surface area (Å²) in [6, 6.07) is 6.53. The Balaban J connectivity index is 2.53. The van der Waals surface area contributed by atoms with Crippen LogP contribution in [0.3, 0.4) is 0 Å². The Morgan fingerprint density at radius 2 is 0.917 bits per heavy atom. The van der Waals surface area contributed by atoms with E-state index in [0.717, 1.165) is 3.57 Å². The van der Waals surface area contributed by atoms with Gasteiger partial charge in [0.1, 0.15) is 5.75 Å². The summed E-state index contributed by atoms with van der Waals surface area (Å²) in [7, 11) is 0. The molecule has 3 aromatic carbocycles. The Morgan fingerprint density at radius 3 is 1.42 bits per heavy atom. The second kappa shape index (κ2) is 5.41. The summed E-state index contributed by atoms with van der Waals surface area (Å²) in [4.78, 5) is 0. The molecule has 0 aliphatic heterocycles. The van der Waals surface area contributed by atoms with Crippen molar-refractivity contribution in [1.82, 2.24) is 0 Å². The predicted molar refractivity (Wildman–Crippen MR) is 93.8 cm³/mol. The van der Waals surface area contributed by atoms with Gasteiger partial charge in [-0.25, -0.2) is 0 Å². The first kappa shape index (κ1) is 16.1. The summed E-state index contributed by atoms with van der Waals surface area (Å²) in [6.45, 7) is 0. The Bertz CT molecular complexity index is 981. The molecule has 3 aromatic rings. The van der Waals surface area contributed by atoms with Crippen LogP contribution < -0.4 is 0 Å². The zero-order valence-electron chi connectivity index (χ0n) is 11.8. The maximum Gasteiger partial charge on any atom is 0.205 e. The highest BCUT2D eigenvalue weighted by Gasteiger charge is 2.28. The van der Waals surface area contributed by atoms with E-state index in [-0.39, 0.29) is 5.56 Å². The average molecular weight is 442 g/mol. The van der Waals surface area contributed by atoms with Crippen molar-refractivity contribution in [2.24, 2.45) is 0 Å². The topological polar surface area (TPSA) is 142 Å². The smallest absolute Gasteiger partial charge is 0.205 e. The minimum Gasteiger partial charge on any atom is -0.506 e. The molecule has 0 aromatic heterocycles. The molecule has 0 aliphatic carbocycles. The first-order valence-corrected chi connectivity index (χ1v) is 7.65. The molecule has 24 heavy (non-hydrogen) atoms. The molecule has 0 fully saturated rings.